The summed E-state index contributed by atoms with van der Waals surface area (Å²) in [5.41, 5.74) is 10.1. The Morgan fingerprint density at radius 1 is 0.853 bits per heavy atom. The number of hydrogen-bond donors (Lipinski definition) is 2. The SMILES string of the molecule is CN1Cc2cncc(c2)-c2cc3c(n[nH]c3cn2)-c2nc3c(cccc3[nH]2)-c2cccc(c2)C1. The minimum absolute atomic E-state index is 0.734. The first-order valence-electron chi connectivity index (χ1n) is 11.3. The number of rotatable bonds is 0. The molecule has 2 aromatic carbocycles. The van der Waals surface area contributed by atoms with Crippen molar-refractivity contribution in [2.45, 2.75) is 13.1 Å². The lowest BCUT2D eigenvalue weighted by Crippen LogP contribution is -2.17. The Labute approximate surface area is 195 Å². The molecular weight excluding hydrogens is 422 g/mol. The number of benzene rings is 2. The number of hydrogen-bond acceptors (Lipinski definition) is 5. The summed E-state index contributed by atoms with van der Waals surface area (Å²) >= 11 is 0. The predicted octanol–water partition coefficient (Wildman–Crippen LogP) is 5.18. The lowest BCUT2D eigenvalue weighted by atomic mass is 10.0. The summed E-state index contributed by atoms with van der Waals surface area (Å²) in [6.45, 7) is 1.63. The molecular formula is C27H21N7. The highest BCUT2D eigenvalue weighted by atomic mass is 15.1. The monoisotopic (exact) mass is 443 g/mol. The van der Waals surface area contributed by atoms with Crippen molar-refractivity contribution in [3.63, 3.8) is 0 Å². The van der Waals surface area contributed by atoms with Crippen molar-refractivity contribution in [1.29, 1.82) is 0 Å². The Morgan fingerprint density at radius 3 is 2.71 bits per heavy atom. The van der Waals surface area contributed by atoms with E-state index in [1.807, 2.05) is 18.6 Å². The third-order valence-corrected chi connectivity index (χ3v) is 6.42. The van der Waals surface area contributed by atoms with Gasteiger partial charge in [0.15, 0.2) is 5.82 Å². The lowest BCUT2D eigenvalue weighted by molar-refractivity contribution is 0.319. The van der Waals surface area contributed by atoms with Crippen molar-refractivity contribution in [3.05, 3.63) is 84.3 Å². The van der Waals surface area contributed by atoms with Gasteiger partial charge in [-0.15, -0.1) is 0 Å². The van der Waals surface area contributed by atoms with Gasteiger partial charge in [0.25, 0.3) is 0 Å². The van der Waals surface area contributed by atoms with Crippen LogP contribution in [0.15, 0.2) is 73.2 Å². The maximum atomic E-state index is 5.00. The smallest absolute Gasteiger partial charge is 0.159 e. The molecule has 0 amide bonds. The van der Waals surface area contributed by atoms with Gasteiger partial charge in [0.05, 0.1) is 28.4 Å². The van der Waals surface area contributed by atoms with Crippen LogP contribution in [-0.2, 0) is 13.1 Å². The second kappa shape index (κ2) is 7.33. The Kier molecular flexibility index (Phi) is 4.13. The zero-order chi connectivity index (χ0) is 22.6. The summed E-state index contributed by atoms with van der Waals surface area (Å²) in [5, 5.41) is 8.66. The van der Waals surface area contributed by atoms with Crippen molar-refractivity contribution in [3.8, 4) is 33.9 Å². The standard InChI is InChI=1S/C27H21N7/c1-34-14-16-4-2-5-18(8-16)20-6-3-7-22-25(20)31-27(30-22)26-21-10-23(29-13-24(21)32-33-26)19-9-17(15-34)11-28-12-19/h2-13H,14-15H2,1H3,(H,30,31)(H,32,33). The van der Waals surface area contributed by atoms with Gasteiger partial charge >= 0.3 is 0 Å². The number of fused-ring (bicyclic) bond motifs is 9. The average Bonchev–Trinajstić information content (AvgIpc) is 3.47. The molecule has 164 valence electrons. The van der Waals surface area contributed by atoms with E-state index in [1.165, 1.54) is 5.56 Å². The second-order valence-electron chi connectivity index (χ2n) is 8.93. The summed E-state index contributed by atoms with van der Waals surface area (Å²) < 4.78 is 0. The maximum absolute atomic E-state index is 5.00. The van der Waals surface area contributed by atoms with Gasteiger partial charge in [0.2, 0.25) is 0 Å². The maximum Gasteiger partial charge on any atom is 0.159 e. The molecule has 0 saturated heterocycles. The number of aromatic nitrogens is 6. The minimum Gasteiger partial charge on any atom is -0.337 e. The molecule has 0 radical (unpaired) electrons. The average molecular weight is 444 g/mol. The number of nitrogens with zero attached hydrogens (tertiary/aromatic N) is 5. The largest absolute Gasteiger partial charge is 0.337 e. The number of para-hydroxylation sites is 1. The highest BCUT2D eigenvalue weighted by Crippen LogP contribution is 2.33. The van der Waals surface area contributed by atoms with E-state index >= 15 is 0 Å². The van der Waals surface area contributed by atoms with Crippen molar-refractivity contribution in [2.24, 2.45) is 0 Å². The van der Waals surface area contributed by atoms with Gasteiger partial charge in [-0.3, -0.25) is 20.0 Å². The fourth-order valence-corrected chi connectivity index (χ4v) is 4.86. The van der Waals surface area contributed by atoms with Crippen LogP contribution in [0.25, 0.3) is 55.8 Å². The van der Waals surface area contributed by atoms with Gasteiger partial charge in [-0.2, -0.15) is 5.10 Å². The van der Waals surface area contributed by atoms with Crippen LogP contribution >= 0.6 is 0 Å². The van der Waals surface area contributed by atoms with Crippen molar-refractivity contribution < 1.29 is 0 Å². The van der Waals surface area contributed by atoms with Gasteiger partial charge in [-0.05, 0) is 48.0 Å². The summed E-state index contributed by atoms with van der Waals surface area (Å²) in [6, 6.07) is 19.2. The Morgan fingerprint density at radius 2 is 1.74 bits per heavy atom. The van der Waals surface area contributed by atoms with Crippen molar-refractivity contribution in [1.82, 2.24) is 35.0 Å². The molecule has 0 spiro atoms. The van der Waals surface area contributed by atoms with Gasteiger partial charge < -0.3 is 4.98 Å². The van der Waals surface area contributed by atoms with E-state index < -0.39 is 0 Å². The van der Waals surface area contributed by atoms with E-state index in [-0.39, 0.29) is 0 Å². The molecule has 1 aliphatic heterocycles. The first kappa shape index (κ1) is 19.1. The Bertz CT molecular complexity index is 1690. The zero-order valence-electron chi connectivity index (χ0n) is 18.6. The zero-order valence-corrected chi connectivity index (χ0v) is 18.6. The predicted molar refractivity (Wildman–Crippen MR) is 133 cm³/mol. The fourth-order valence-electron chi connectivity index (χ4n) is 4.86. The van der Waals surface area contributed by atoms with E-state index in [9.17, 15) is 0 Å². The topological polar surface area (TPSA) is 86.4 Å². The summed E-state index contributed by atoms with van der Waals surface area (Å²) in [6.07, 6.45) is 5.62. The molecule has 5 heterocycles. The van der Waals surface area contributed by atoms with Gasteiger partial charge in [-0.1, -0.05) is 30.3 Å². The van der Waals surface area contributed by atoms with E-state index in [1.54, 1.807) is 0 Å². The molecule has 0 unspecified atom stereocenters. The summed E-state index contributed by atoms with van der Waals surface area (Å²) in [5.74, 6) is 0.734. The quantitative estimate of drug-likeness (QED) is 0.338. The van der Waals surface area contributed by atoms with Crippen LogP contribution in [0, 0.1) is 0 Å². The molecule has 0 atom stereocenters. The number of aromatic amines is 2. The number of H-pyrrole nitrogens is 2. The van der Waals surface area contributed by atoms with Gasteiger partial charge in [0.1, 0.15) is 5.69 Å². The molecule has 0 fully saturated rings. The molecule has 7 heteroatoms. The van der Waals surface area contributed by atoms with Crippen molar-refractivity contribution >= 4 is 21.9 Å². The molecule has 6 aromatic rings. The lowest BCUT2D eigenvalue weighted by Gasteiger charge is -2.18. The van der Waals surface area contributed by atoms with Crippen LogP contribution < -0.4 is 0 Å². The van der Waals surface area contributed by atoms with Gasteiger partial charge in [-0.25, -0.2) is 4.98 Å². The fraction of sp³-hybridized carbons (Fsp3) is 0.111. The second-order valence-corrected chi connectivity index (χ2v) is 8.93. The van der Waals surface area contributed by atoms with Crippen LogP contribution in [0.3, 0.4) is 0 Å². The third-order valence-electron chi connectivity index (χ3n) is 6.42. The molecule has 8 bridgehead atoms. The van der Waals surface area contributed by atoms with Crippen LogP contribution in [0.5, 0.6) is 0 Å². The minimum atomic E-state index is 0.734. The summed E-state index contributed by atoms with van der Waals surface area (Å²) in [7, 11) is 2.14. The van der Waals surface area contributed by atoms with Crippen LogP contribution in [-0.4, -0.2) is 42.1 Å². The molecule has 34 heavy (non-hydrogen) atoms. The van der Waals surface area contributed by atoms with E-state index in [4.69, 9.17) is 4.98 Å². The van der Waals surface area contributed by atoms with E-state index in [0.717, 1.165) is 74.5 Å². The Hall–Kier alpha value is -4.36. The molecule has 2 N–H and O–H groups in total. The van der Waals surface area contributed by atoms with Crippen molar-refractivity contribution in [2.75, 3.05) is 7.05 Å². The van der Waals surface area contributed by atoms with Crippen LogP contribution in [0.4, 0.5) is 0 Å². The third kappa shape index (κ3) is 3.09. The number of nitrogens with one attached hydrogen (secondary N) is 2. The first-order chi connectivity index (χ1) is 16.7. The summed E-state index contributed by atoms with van der Waals surface area (Å²) in [4.78, 5) is 20.0. The first-order valence-corrected chi connectivity index (χ1v) is 11.3. The molecule has 4 aromatic heterocycles. The Balaban J connectivity index is 1.51. The molecule has 7 nitrogen and oxygen atoms in total. The van der Waals surface area contributed by atoms with E-state index in [2.05, 4.69) is 91.7 Å². The molecule has 0 aliphatic carbocycles. The number of imidazole rings is 1. The molecule has 7 rings (SSSR count). The number of pyridine rings is 2. The molecule has 0 saturated carbocycles. The molecule has 1 aliphatic rings. The normalized spacial score (nSPS) is 13.7. The highest BCUT2D eigenvalue weighted by molar-refractivity contribution is 5.97. The van der Waals surface area contributed by atoms with E-state index in [0.29, 0.717) is 0 Å². The van der Waals surface area contributed by atoms with Crippen LogP contribution in [0.1, 0.15) is 11.1 Å². The highest BCUT2D eigenvalue weighted by Gasteiger charge is 2.17. The van der Waals surface area contributed by atoms with Crippen LogP contribution in [0.2, 0.25) is 0 Å². The van der Waals surface area contributed by atoms with Gasteiger partial charge in [0, 0.05) is 42.0 Å².